The second kappa shape index (κ2) is 3.59. The molecule has 0 saturated carbocycles. The van der Waals surface area contributed by atoms with Crippen LogP contribution >= 0.6 is 11.6 Å². The highest BCUT2D eigenvalue weighted by Crippen LogP contribution is 2.20. The number of carbonyl (C=O) groups excluding carboxylic acids is 1. The summed E-state index contributed by atoms with van der Waals surface area (Å²) in [5.41, 5.74) is 6.61. The Bertz CT molecular complexity index is 309. The van der Waals surface area contributed by atoms with Gasteiger partial charge in [-0.2, -0.15) is 0 Å². The lowest BCUT2D eigenvalue weighted by molar-refractivity contribution is 0.0988. The van der Waals surface area contributed by atoms with E-state index in [0.29, 0.717) is 22.7 Å². The Balaban J connectivity index is 3.05. The van der Waals surface area contributed by atoms with Crippen LogP contribution < -0.4 is 5.73 Å². The molecule has 2 nitrogen and oxygen atoms in total. The molecule has 0 heterocycles. The van der Waals surface area contributed by atoms with Crippen LogP contribution in [-0.2, 0) is 0 Å². The average Bonchev–Trinajstić information content (AvgIpc) is 2.08. The van der Waals surface area contributed by atoms with Crippen LogP contribution in [0.1, 0.15) is 23.7 Å². The fourth-order valence-corrected chi connectivity index (χ4v) is 1.09. The Labute approximate surface area is 76.3 Å². The zero-order valence-electron chi connectivity index (χ0n) is 6.80. The maximum Gasteiger partial charge on any atom is 0.162 e. The van der Waals surface area contributed by atoms with Crippen LogP contribution in [0.5, 0.6) is 0 Å². The van der Waals surface area contributed by atoms with E-state index in [2.05, 4.69) is 0 Å². The minimum Gasteiger partial charge on any atom is -0.398 e. The van der Waals surface area contributed by atoms with Gasteiger partial charge < -0.3 is 5.73 Å². The summed E-state index contributed by atoms with van der Waals surface area (Å²) in [5.74, 6) is 0.0805. The van der Waals surface area contributed by atoms with Crippen molar-refractivity contribution >= 4 is 23.1 Å². The topological polar surface area (TPSA) is 43.1 Å². The van der Waals surface area contributed by atoms with Gasteiger partial charge in [0.25, 0.3) is 0 Å². The molecular formula is C9H10ClNO. The molecule has 0 unspecified atom stereocenters. The van der Waals surface area contributed by atoms with Crippen LogP contribution in [0.15, 0.2) is 18.2 Å². The van der Waals surface area contributed by atoms with E-state index >= 15 is 0 Å². The van der Waals surface area contributed by atoms with E-state index in [1.165, 1.54) is 0 Å². The van der Waals surface area contributed by atoms with Crippen LogP contribution in [0.4, 0.5) is 5.69 Å². The maximum absolute atomic E-state index is 11.2. The van der Waals surface area contributed by atoms with E-state index in [-0.39, 0.29) is 5.78 Å². The molecule has 2 N–H and O–H groups in total. The summed E-state index contributed by atoms with van der Waals surface area (Å²) in [4.78, 5) is 11.2. The van der Waals surface area contributed by atoms with Crippen molar-refractivity contribution in [2.75, 3.05) is 5.73 Å². The number of hydrogen-bond acceptors (Lipinski definition) is 2. The number of anilines is 1. The van der Waals surface area contributed by atoms with E-state index in [1.54, 1.807) is 18.2 Å². The molecule has 0 saturated heterocycles. The van der Waals surface area contributed by atoms with Gasteiger partial charge in [-0.25, -0.2) is 0 Å². The second-order valence-corrected chi connectivity index (χ2v) is 2.92. The molecule has 0 aliphatic carbocycles. The molecule has 1 aromatic rings. The van der Waals surface area contributed by atoms with Crippen molar-refractivity contribution in [3.05, 3.63) is 28.8 Å². The smallest absolute Gasteiger partial charge is 0.162 e. The first-order chi connectivity index (χ1) is 5.65. The highest BCUT2D eigenvalue weighted by atomic mass is 35.5. The van der Waals surface area contributed by atoms with E-state index in [1.807, 2.05) is 6.92 Å². The molecule has 1 aromatic carbocycles. The third-order valence-corrected chi connectivity index (χ3v) is 1.97. The van der Waals surface area contributed by atoms with Gasteiger partial charge in [-0.1, -0.05) is 18.5 Å². The number of ketones is 1. The number of benzene rings is 1. The van der Waals surface area contributed by atoms with Crippen molar-refractivity contribution in [3.63, 3.8) is 0 Å². The van der Waals surface area contributed by atoms with E-state index in [4.69, 9.17) is 17.3 Å². The van der Waals surface area contributed by atoms with Gasteiger partial charge in [0.1, 0.15) is 0 Å². The highest BCUT2D eigenvalue weighted by molar-refractivity contribution is 6.33. The summed E-state index contributed by atoms with van der Waals surface area (Å²) in [7, 11) is 0. The van der Waals surface area contributed by atoms with Crippen LogP contribution in [0, 0.1) is 0 Å². The van der Waals surface area contributed by atoms with Crippen LogP contribution in [0.25, 0.3) is 0 Å². The first-order valence-electron chi connectivity index (χ1n) is 3.73. The van der Waals surface area contributed by atoms with Gasteiger partial charge in [-0.15, -0.1) is 0 Å². The third-order valence-electron chi connectivity index (χ3n) is 1.64. The highest BCUT2D eigenvalue weighted by Gasteiger charge is 2.04. The minimum atomic E-state index is 0.0805. The monoisotopic (exact) mass is 183 g/mol. The normalized spacial score (nSPS) is 9.83. The van der Waals surface area contributed by atoms with E-state index in [0.717, 1.165) is 0 Å². The lowest BCUT2D eigenvalue weighted by atomic mass is 10.1. The molecule has 64 valence electrons. The van der Waals surface area contributed by atoms with Crippen LogP contribution in [0.3, 0.4) is 0 Å². The number of nitrogen functional groups attached to an aromatic ring is 1. The summed E-state index contributed by atoms with van der Waals surface area (Å²) < 4.78 is 0. The molecule has 0 spiro atoms. The van der Waals surface area contributed by atoms with Crippen molar-refractivity contribution < 1.29 is 4.79 Å². The maximum atomic E-state index is 11.2. The van der Waals surface area contributed by atoms with Crippen LogP contribution in [0.2, 0.25) is 5.02 Å². The zero-order chi connectivity index (χ0) is 9.14. The molecule has 0 aliphatic heterocycles. The standard InChI is InChI=1S/C9H10ClNO/c1-2-9(12)6-3-4-8(11)7(10)5-6/h3-5H,2,11H2,1H3. The van der Waals surface area contributed by atoms with E-state index < -0.39 is 0 Å². The fraction of sp³-hybridized carbons (Fsp3) is 0.222. The van der Waals surface area contributed by atoms with Gasteiger partial charge in [-0.3, -0.25) is 4.79 Å². The Morgan fingerprint density at radius 3 is 2.75 bits per heavy atom. The SMILES string of the molecule is CCC(=O)c1ccc(N)c(Cl)c1. The van der Waals surface area contributed by atoms with Gasteiger partial charge in [0.05, 0.1) is 10.7 Å². The fourth-order valence-electron chi connectivity index (χ4n) is 0.905. The van der Waals surface area contributed by atoms with Crippen molar-refractivity contribution in [3.8, 4) is 0 Å². The van der Waals surface area contributed by atoms with Gasteiger partial charge >= 0.3 is 0 Å². The summed E-state index contributed by atoms with van der Waals surface area (Å²) in [6.07, 6.45) is 0.486. The average molecular weight is 184 g/mol. The molecule has 0 radical (unpaired) electrons. The summed E-state index contributed by atoms with van der Waals surface area (Å²) in [5, 5.41) is 0.439. The largest absolute Gasteiger partial charge is 0.398 e. The van der Waals surface area contributed by atoms with Crippen molar-refractivity contribution in [2.45, 2.75) is 13.3 Å². The molecule has 0 atom stereocenters. The molecule has 0 aliphatic rings. The van der Waals surface area contributed by atoms with Crippen LogP contribution in [-0.4, -0.2) is 5.78 Å². The first-order valence-corrected chi connectivity index (χ1v) is 4.11. The van der Waals surface area contributed by atoms with Gasteiger partial charge in [0.15, 0.2) is 5.78 Å². The quantitative estimate of drug-likeness (QED) is 0.566. The molecular weight excluding hydrogens is 174 g/mol. The molecule has 0 aromatic heterocycles. The number of nitrogens with two attached hydrogens (primary N) is 1. The Hall–Kier alpha value is -1.02. The molecule has 0 amide bonds. The lowest BCUT2D eigenvalue weighted by Gasteiger charge is -2.00. The third kappa shape index (κ3) is 1.77. The number of halogens is 1. The lowest BCUT2D eigenvalue weighted by Crippen LogP contribution is -1.97. The van der Waals surface area contributed by atoms with Gasteiger partial charge in [0, 0.05) is 12.0 Å². The molecule has 0 bridgehead atoms. The molecule has 0 fully saturated rings. The Kier molecular flexibility index (Phi) is 2.71. The number of carbonyl (C=O) groups is 1. The van der Waals surface area contributed by atoms with E-state index in [9.17, 15) is 4.79 Å². The summed E-state index contributed by atoms with van der Waals surface area (Å²) in [6, 6.07) is 4.93. The summed E-state index contributed by atoms with van der Waals surface area (Å²) >= 11 is 5.74. The first kappa shape index (κ1) is 9.07. The summed E-state index contributed by atoms with van der Waals surface area (Å²) in [6.45, 7) is 1.81. The predicted molar refractivity (Wildman–Crippen MR) is 50.5 cm³/mol. The molecule has 1 rings (SSSR count). The van der Waals surface area contributed by atoms with Crippen molar-refractivity contribution in [2.24, 2.45) is 0 Å². The predicted octanol–water partition coefficient (Wildman–Crippen LogP) is 2.51. The van der Waals surface area contributed by atoms with Crippen molar-refractivity contribution in [1.82, 2.24) is 0 Å². The molecule has 3 heteroatoms. The number of Topliss-reactive ketones (excluding diaryl/α,β-unsaturated/α-hetero) is 1. The number of rotatable bonds is 2. The second-order valence-electron chi connectivity index (χ2n) is 2.51. The Morgan fingerprint density at radius 2 is 2.25 bits per heavy atom. The number of hydrogen-bond donors (Lipinski definition) is 1. The van der Waals surface area contributed by atoms with Gasteiger partial charge in [0.2, 0.25) is 0 Å². The zero-order valence-corrected chi connectivity index (χ0v) is 7.56. The molecule has 12 heavy (non-hydrogen) atoms. The van der Waals surface area contributed by atoms with Crippen molar-refractivity contribution in [1.29, 1.82) is 0 Å². The van der Waals surface area contributed by atoms with Gasteiger partial charge in [-0.05, 0) is 18.2 Å². The minimum absolute atomic E-state index is 0.0805. The Morgan fingerprint density at radius 1 is 1.58 bits per heavy atom.